The van der Waals surface area contributed by atoms with E-state index in [4.69, 9.17) is 13.9 Å². The first kappa shape index (κ1) is 31.5. The van der Waals surface area contributed by atoms with E-state index in [1.54, 1.807) is 20.1 Å². The van der Waals surface area contributed by atoms with Crippen molar-refractivity contribution in [2.24, 2.45) is 5.92 Å². The molecule has 1 heterocycles. The molecule has 5 atom stereocenters. The highest BCUT2D eigenvalue weighted by molar-refractivity contribution is 6.74. The molecule has 1 rings (SSSR count). The van der Waals surface area contributed by atoms with Gasteiger partial charge < -0.3 is 18.6 Å². The quantitative estimate of drug-likeness (QED) is 0.0973. The van der Waals surface area contributed by atoms with E-state index in [0.29, 0.717) is 6.42 Å². The maximum absolute atomic E-state index is 11.9. The van der Waals surface area contributed by atoms with Crippen LogP contribution in [0, 0.1) is 5.92 Å². The van der Waals surface area contributed by atoms with Crippen LogP contribution in [-0.4, -0.2) is 58.7 Å². The van der Waals surface area contributed by atoms with Crippen LogP contribution < -0.4 is 0 Å². The third-order valence-electron chi connectivity index (χ3n) is 7.26. The largest absolute Gasteiger partial charge is 0.466 e. The van der Waals surface area contributed by atoms with Crippen molar-refractivity contribution >= 4 is 20.1 Å². The molecular formula is C28H48O6Si. The Morgan fingerprint density at radius 2 is 1.80 bits per heavy atom. The fourth-order valence-electron chi connectivity index (χ4n) is 3.74. The molecule has 0 radical (unpaired) electrons. The van der Waals surface area contributed by atoms with Gasteiger partial charge in [-0.25, -0.2) is 4.79 Å². The molecule has 6 nitrogen and oxygen atoms in total. The summed E-state index contributed by atoms with van der Waals surface area (Å²) in [6, 6.07) is 0. The summed E-state index contributed by atoms with van der Waals surface area (Å²) in [5, 5.41) is 0.0924. The zero-order valence-corrected chi connectivity index (χ0v) is 24.6. The fraction of sp³-hybridized carbons (Fsp3) is 0.714. The van der Waals surface area contributed by atoms with E-state index in [-0.39, 0.29) is 47.1 Å². The molecule has 0 fully saturated rings. The van der Waals surface area contributed by atoms with Crippen LogP contribution in [0.25, 0.3) is 0 Å². The molecule has 7 heteroatoms. The molecule has 200 valence electrons. The molecule has 1 aliphatic rings. The lowest BCUT2D eigenvalue weighted by Crippen LogP contribution is -2.45. The number of rotatable bonds is 13. The zero-order chi connectivity index (χ0) is 26.8. The lowest BCUT2D eigenvalue weighted by Gasteiger charge is -2.40. The number of hydrogen-bond donors (Lipinski definition) is 0. The molecular weight excluding hydrogens is 460 g/mol. The van der Waals surface area contributed by atoms with E-state index in [2.05, 4.69) is 56.8 Å². The van der Waals surface area contributed by atoms with Gasteiger partial charge in [-0.15, -0.1) is 0 Å². The van der Waals surface area contributed by atoms with Crippen LogP contribution in [0.3, 0.4) is 0 Å². The smallest absolute Gasteiger partial charge is 0.330 e. The fourth-order valence-corrected chi connectivity index (χ4v) is 5.12. The second-order valence-electron chi connectivity index (χ2n) is 11.1. The van der Waals surface area contributed by atoms with E-state index in [0.717, 1.165) is 24.8 Å². The monoisotopic (exact) mass is 508 g/mol. The summed E-state index contributed by atoms with van der Waals surface area (Å²) in [5.74, 6) is -0.396. The Morgan fingerprint density at radius 1 is 1.14 bits per heavy atom. The number of hydrogen-bond acceptors (Lipinski definition) is 6. The molecule has 0 saturated heterocycles. The first-order valence-electron chi connectivity index (χ1n) is 12.7. The standard InChI is InChI=1S/C28H48O6Si/c1-20(15-17-27(30)32-8)14-16-25(34-35(9,10)28(4,5)6)18-23-12-11-13-24(33-23)19-26(31-7)21(2)22(3)29/h11-12,14-15,17,21,23-26H,13,16,18-19H2,1-10H3/b17-15+,20-14+/t21-,23-,24-,25-,26-/m0/s1. The highest BCUT2D eigenvalue weighted by Crippen LogP contribution is 2.38. The molecule has 0 amide bonds. The van der Waals surface area contributed by atoms with Crippen molar-refractivity contribution in [3.05, 3.63) is 36.0 Å². The SMILES string of the molecule is COC(=O)/C=C/C(C)=C/C[C@@H](C[C@@H]1C=CC[C@@H](C[C@H](OC)[C@@H](C)C(C)=O)O1)O[Si](C)(C)C(C)(C)C. The topological polar surface area (TPSA) is 71.1 Å². The minimum absolute atomic E-state index is 0.00513. The van der Waals surface area contributed by atoms with E-state index in [1.807, 2.05) is 13.8 Å². The van der Waals surface area contributed by atoms with Gasteiger partial charge in [0.1, 0.15) is 5.78 Å². The Morgan fingerprint density at radius 3 is 2.34 bits per heavy atom. The van der Waals surface area contributed by atoms with E-state index < -0.39 is 8.32 Å². The van der Waals surface area contributed by atoms with Crippen LogP contribution in [0.15, 0.2) is 36.0 Å². The molecule has 0 aromatic carbocycles. The van der Waals surface area contributed by atoms with Gasteiger partial charge in [-0.3, -0.25) is 4.79 Å². The van der Waals surface area contributed by atoms with Gasteiger partial charge in [-0.05, 0) is 44.8 Å². The summed E-state index contributed by atoms with van der Waals surface area (Å²) in [6.45, 7) is 16.7. The van der Waals surface area contributed by atoms with Crippen LogP contribution in [-0.2, 0) is 28.2 Å². The first-order valence-corrected chi connectivity index (χ1v) is 15.6. The van der Waals surface area contributed by atoms with Crippen LogP contribution in [0.1, 0.15) is 67.2 Å². The molecule has 0 aromatic heterocycles. The van der Waals surface area contributed by atoms with Crippen molar-refractivity contribution in [1.29, 1.82) is 0 Å². The number of allylic oxidation sites excluding steroid dienone is 2. The molecule has 0 N–H and O–H groups in total. The van der Waals surface area contributed by atoms with Gasteiger partial charge in [-0.1, -0.05) is 57.6 Å². The van der Waals surface area contributed by atoms with Gasteiger partial charge in [0, 0.05) is 31.9 Å². The van der Waals surface area contributed by atoms with Gasteiger partial charge >= 0.3 is 5.97 Å². The predicted molar refractivity (Wildman–Crippen MR) is 144 cm³/mol. The predicted octanol–water partition coefficient (Wildman–Crippen LogP) is 6.18. The lowest BCUT2D eigenvalue weighted by molar-refractivity contribution is -0.134. The molecule has 35 heavy (non-hydrogen) atoms. The number of ether oxygens (including phenoxy) is 3. The number of ketones is 1. The van der Waals surface area contributed by atoms with Gasteiger partial charge in [0.2, 0.25) is 0 Å². The van der Waals surface area contributed by atoms with Crippen LogP contribution in [0.5, 0.6) is 0 Å². The number of Topliss-reactive ketones (excluding diaryl/α,β-unsaturated/α-hetero) is 1. The molecule has 0 saturated carbocycles. The molecule has 0 aromatic rings. The average Bonchev–Trinajstić information content (AvgIpc) is 2.78. The van der Waals surface area contributed by atoms with Crippen molar-refractivity contribution in [3.8, 4) is 0 Å². The summed E-state index contributed by atoms with van der Waals surface area (Å²) < 4.78 is 23.5. The third-order valence-corrected chi connectivity index (χ3v) is 11.8. The molecule has 0 spiro atoms. The van der Waals surface area contributed by atoms with Gasteiger partial charge in [0.05, 0.1) is 31.5 Å². The van der Waals surface area contributed by atoms with E-state index in [9.17, 15) is 9.59 Å². The average molecular weight is 509 g/mol. The highest BCUT2D eigenvalue weighted by atomic mass is 28.4. The van der Waals surface area contributed by atoms with Crippen LogP contribution >= 0.6 is 0 Å². The summed E-state index contributed by atoms with van der Waals surface area (Å²) in [4.78, 5) is 23.3. The maximum Gasteiger partial charge on any atom is 0.330 e. The second kappa shape index (κ2) is 14.3. The third kappa shape index (κ3) is 10.9. The van der Waals surface area contributed by atoms with Crippen molar-refractivity contribution in [2.45, 2.75) is 110 Å². The number of methoxy groups -OCH3 is 2. The molecule has 0 aliphatic carbocycles. The Labute approximate surface area is 214 Å². The van der Waals surface area contributed by atoms with Crippen molar-refractivity contribution in [2.75, 3.05) is 14.2 Å². The maximum atomic E-state index is 11.9. The Kier molecular flexibility index (Phi) is 12.8. The van der Waals surface area contributed by atoms with Crippen molar-refractivity contribution in [3.63, 3.8) is 0 Å². The van der Waals surface area contributed by atoms with Crippen molar-refractivity contribution < 1.29 is 28.2 Å². The summed E-state index contributed by atoms with van der Waals surface area (Å²) in [5.41, 5.74) is 0.985. The van der Waals surface area contributed by atoms with E-state index >= 15 is 0 Å². The Balaban J connectivity index is 2.96. The number of carbonyl (C=O) groups excluding carboxylic acids is 2. The normalized spacial score (nSPS) is 22.2. The Bertz CT molecular complexity index is 777. The first-order chi connectivity index (χ1) is 16.2. The number of carbonyl (C=O) groups is 2. The summed E-state index contributed by atoms with van der Waals surface area (Å²) in [7, 11) is 1.03. The van der Waals surface area contributed by atoms with Gasteiger partial charge in [-0.2, -0.15) is 0 Å². The summed E-state index contributed by atoms with van der Waals surface area (Å²) in [6.07, 6.45) is 12.3. The Hall–Kier alpha value is -1.54. The van der Waals surface area contributed by atoms with Crippen molar-refractivity contribution in [1.82, 2.24) is 0 Å². The molecule has 0 bridgehead atoms. The highest BCUT2D eigenvalue weighted by Gasteiger charge is 2.39. The second-order valence-corrected chi connectivity index (χ2v) is 15.9. The minimum atomic E-state index is -2.00. The van der Waals surface area contributed by atoms with E-state index in [1.165, 1.54) is 13.2 Å². The van der Waals surface area contributed by atoms with Gasteiger partial charge in [0.25, 0.3) is 0 Å². The summed E-state index contributed by atoms with van der Waals surface area (Å²) >= 11 is 0. The molecule has 0 unspecified atom stereocenters. The van der Waals surface area contributed by atoms with Gasteiger partial charge in [0.15, 0.2) is 8.32 Å². The zero-order valence-electron chi connectivity index (χ0n) is 23.6. The van der Waals surface area contributed by atoms with Crippen LogP contribution in [0.2, 0.25) is 18.1 Å². The minimum Gasteiger partial charge on any atom is -0.466 e. The molecule has 1 aliphatic heterocycles. The van der Waals surface area contributed by atoms with Crippen LogP contribution in [0.4, 0.5) is 0 Å². The lowest BCUT2D eigenvalue weighted by atomic mass is 9.93. The number of esters is 1.